The molecular formula is C25H31N3O4S. The van der Waals surface area contributed by atoms with Crippen molar-refractivity contribution in [3.63, 3.8) is 0 Å². The van der Waals surface area contributed by atoms with Crippen molar-refractivity contribution >= 4 is 33.2 Å². The Morgan fingerprint density at radius 2 is 1.76 bits per heavy atom. The molecule has 0 aromatic heterocycles. The predicted molar refractivity (Wildman–Crippen MR) is 129 cm³/mol. The predicted octanol–water partition coefficient (Wildman–Crippen LogP) is 3.64. The molecule has 2 aliphatic heterocycles. The Labute approximate surface area is 195 Å². The number of nitrogens with zero attached hydrogens (tertiary/aromatic N) is 2. The zero-order valence-corrected chi connectivity index (χ0v) is 20.4. The van der Waals surface area contributed by atoms with Gasteiger partial charge in [0.2, 0.25) is 21.8 Å². The summed E-state index contributed by atoms with van der Waals surface area (Å²) in [6.07, 6.45) is 1.90. The van der Waals surface area contributed by atoms with E-state index in [-0.39, 0.29) is 29.3 Å². The third-order valence-electron chi connectivity index (χ3n) is 6.49. The van der Waals surface area contributed by atoms with Crippen LogP contribution in [0.15, 0.2) is 41.3 Å². The fourth-order valence-electron chi connectivity index (χ4n) is 5.06. The lowest BCUT2D eigenvalue weighted by molar-refractivity contribution is -0.121. The minimum absolute atomic E-state index is 0.00350. The van der Waals surface area contributed by atoms with E-state index < -0.39 is 15.9 Å². The van der Waals surface area contributed by atoms with E-state index in [1.54, 1.807) is 23.1 Å². The Bertz CT molecular complexity index is 1190. The summed E-state index contributed by atoms with van der Waals surface area (Å²) in [6.45, 7) is 7.98. The molecule has 8 heteroatoms. The summed E-state index contributed by atoms with van der Waals surface area (Å²) in [6, 6.07) is 10.9. The Kier molecular flexibility index (Phi) is 6.33. The number of carbonyl (C=O) groups is 2. The minimum atomic E-state index is -3.74. The van der Waals surface area contributed by atoms with Crippen LogP contribution in [-0.4, -0.2) is 43.7 Å². The van der Waals surface area contributed by atoms with Gasteiger partial charge in [-0.3, -0.25) is 9.59 Å². The summed E-state index contributed by atoms with van der Waals surface area (Å²) in [5.41, 5.74) is 4.50. The molecule has 7 nitrogen and oxygen atoms in total. The maximum Gasteiger partial charge on any atom is 0.243 e. The third kappa shape index (κ3) is 4.68. The average molecular weight is 470 g/mol. The van der Waals surface area contributed by atoms with Crippen LogP contribution in [-0.2, 0) is 26.0 Å². The van der Waals surface area contributed by atoms with Gasteiger partial charge in [0.05, 0.1) is 10.8 Å². The molecule has 2 heterocycles. The average Bonchev–Trinajstić information content (AvgIpc) is 3.08. The van der Waals surface area contributed by atoms with Gasteiger partial charge in [0, 0.05) is 37.4 Å². The van der Waals surface area contributed by atoms with Crippen LogP contribution < -0.4 is 10.2 Å². The molecule has 1 fully saturated rings. The standard InChI is InChI=1S/C25H31N3O4S/c1-16-10-17(2)12-22(11-16)26-25(30)20-6-5-9-27(15-20)33(31,32)23-7-8-24-21(14-23)13-18(3)28(24)19(4)29/h7-8,10-12,14,18,20H,5-6,9,13,15H2,1-4H3,(H,26,30)/t18-,20-/m0/s1. The molecule has 0 bridgehead atoms. The number of carbonyl (C=O) groups excluding carboxylic acids is 2. The van der Waals surface area contributed by atoms with Gasteiger partial charge in [-0.1, -0.05) is 6.07 Å². The van der Waals surface area contributed by atoms with Crippen LogP contribution in [0.5, 0.6) is 0 Å². The summed E-state index contributed by atoms with van der Waals surface area (Å²) in [5.74, 6) is -0.609. The molecule has 1 N–H and O–H groups in total. The molecule has 2 aromatic rings. The van der Waals surface area contributed by atoms with Crippen LogP contribution in [0.4, 0.5) is 11.4 Å². The lowest BCUT2D eigenvalue weighted by Gasteiger charge is -2.31. The van der Waals surface area contributed by atoms with Gasteiger partial charge in [0.25, 0.3) is 0 Å². The minimum Gasteiger partial charge on any atom is -0.326 e. The second-order valence-electron chi connectivity index (χ2n) is 9.30. The van der Waals surface area contributed by atoms with E-state index in [0.717, 1.165) is 28.1 Å². The van der Waals surface area contributed by atoms with Crippen molar-refractivity contribution in [2.24, 2.45) is 5.92 Å². The summed E-state index contributed by atoms with van der Waals surface area (Å²) in [5, 5.41) is 2.96. The van der Waals surface area contributed by atoms with Crippen LogP contribution in [0, 0.1) is 19.8 Å². The number of sulfonamides is 1. The normalized spacial score (nSPS) is 21.0. The number of nitrogens with one attached hydrogen (secondary N) is 1. The van der Waals surface area contributed by atoms with E-state index in [1.807, 2.05) is 39.0 Å². The number of benzene rings is 2. The zero-order chi connectivity index (χ0) is 23.9. The first kappa shape index (κ1) is 23.4. The van der Waals surface area contributed by atoms with Crippen molar-refractivity contribution in [2.45, 2.75) is 57.9 Å². The molecule has 4 rings (SSSR count). The summed E-state index contributed by atoms with van der Waals surface area (Å²) in [7, 11) is -3.74. The van der Waals surface area contributed by atoms with Crippen molar-refractivity contribution in [3.8, 4) is 0 Å². The molecule has 2 amide bonds. The van der Waals surface area contributed by atoms with E-state index in [0.29, 0.717) is 25.8 Å². The summed E-state index contributed by atoms with van der Waals surface area (Å²) >= 11 is 0. The number of piperidine rings is 1. The summed E-state index contributed by atoms with van der Waals surface area (Å²) < 4.78 is 28.2. The topological polar surface area (TPSA) is 86.8 Å². The highest BCUT2D eigenvalue weighted by molar-refractivity contribution is 7.89. The maximum atomic E-state index is 13.4. The summed E-state index contributed by atoms with van der Waals surface area (Å²) in [4.78, 5) is 26.8. The highest BCUT2D eigenvalue weighted by Gasteiger charge is 2.35. The van der Waals surface area contributed by atoms with Crippen LogP contribution in [0.2, 0.25) is 0 Å². The van der Waals surface area contributed by atoms with Crippen molar-refractivity contribution in [2.75, 3.05) is 23.3 Å². The van der Waals surface area contributed by atoms with Crippen molar-refractivity contribution in [1.29, 1.82) is 0 Å². The number of anilines is 2. The Hall–Kier alpha value is -2.71. The molecule has 0 spiro atoms. The largest absolute Gasteiger partial charge is 0.326 e. The van der Waals surface area contributed by atoms with Gasteiger partial charge in [0.15, 0.2) is 0 Å². The van der Waals surface area contributed by atoms with Gasteiger partial charge in [-0.25, -0.2) is 8.42 Å². The Morgan fingerprint density at radius 1 is 1.06 bits per heavy atom. The Balaban J connectivity index is 1.51. The molecule has 2 atom stereocenters. The van der Waals surface area contributed by atoms with Crippen molar-refractivity contribution < 1.29 is 18.0 Å². The smallest absolute Gasteiger partial charge is 0.243 e. The third-order valence-corrected chi connectivity index (χ3v) is 8.35. The fourth-order valence-corrected chi connectivity index (χ4v) is 6.64. The highest BCUT2D eigenvalue weighted by Crippen LogP contribution is 2.35. The maximum absolute atomic E-state index is 13.4. The molecule has 0 aliphatic carbocycles. The number of aryl methyl sites for hydroxylation is 2. The molecule has 2 aliphatic rings. The SMILES string of the molecule is CC(=O)N1c2ccc(S(=O)(=O)N3CCC[C@H](C(=O)Nc4cc(C)cc(C)c4)C3)cc2C[C@@H]1C. The molecule has 2 aromatic carbocycles. The van der Waals surface area contributed by atoms with E-state index in [4.69, 9.17) is 0 Å². The van der Waals surface area contributed by atoms with Crippen LogP contribution in [0.25, 0.3) is 0 Å². The van der Waals surface area contributed by atoms with Gasteiger partial charge in [0.1, 0.15) is 0 Å². The van der Waals surface area contributed by atoms with Gasteiger partial charge in [-0.2, -0.15) is 4.31 Å². The highest BCUT2D eigenvalue weighted by atomic mass is 32.2. The molecule has 0 saturated carbocycles. The van der Waals surface area contributed by atoms with E-state index in [9.17, 15) is 18.0 Å². The van der Waals surface area contributed by atoms with Crippen molar-refractivity contribution in [1.82, 2.24) is 4.31 Å². The van der Waals surface area contributed by atoms with E-state index in [2.05, 4.69) is 5.32 Å². The van der Waals surface area contributed by atoms with Crippen LogP contribution in [0.1, 0.15) is 43.4 Å². The van der Waals surface area contributed by atoms with Crippen molar-refractivity contribution in [3.05, 3.63) is 53.1 Å². The second kappa shape index (κ2) is 8.91. The second-order valence-corrected chi connectivity index (χ2v) is 11.2. The number of hydrogen-bond donors (Lipinski definition) is 1. The molecule has 1 saturated heterocycles. The lowest BCUT2D eigenvalue weighted by atomic mass is 9.98. The Morgan fingerprint density at radius 3 is 2.42 bits per heavy atom. The first-order valence-electron chi connectivity index (χ1n) is 11.4. The van der Waals surface area contributed by atoms with Gasteiger partial charge in [-0.15, -0.1) is 0 Å². The molecule has 0 radical (unpaired) electrons. The fraction of sp³-hybridized carbons (Fsp3) is 0.440. The lowest BCUT2D eigenvalue weighted by Crippen LogP contribution is -2.43. The van der Waals surface area contributed by atoms with Crippen LogP contribution >= 0.6 is 0 Å². The van der Waals surface area contributed by atoms with Gasteiger partial charge >= 0.3 is 0 Å². The molecular weight excluding hydrogens is 438 g/mol. The van der Waals surface area contributed by atoms with Gasteiger partial charge < -0.3 is 10.2 Å². The number of fused-ring (bicyclic) bond motifs is 1. The monoisotopic (exact) mass is 469 g/mol. The number of amides is 2. The van der Waals surface area contributed by atoms with Gasteiger partial charge in [-0.05, 0) is 87.1 Å². The van der Waals surface area contributed by atoms with Crippen LogP contribution in [0.3, 0.4) is 0 Å². The molecule has 176 valence electrons. The molecule has 0 unspecified atom stereocenters. The van der Waals surface area contributed by atoms with E-state index in [1.165, 1.54) is 11.2 Å². The first-order chi connectivity index (χ1) is 15.6. The number of rotatable bonds is 4. The quantitative estimate of drug-likeness (QED) is 0.741. The number of hydrogen-bond acceptors (Lipinski definition) is 4. The van der Waals surface area contributed by atoms with E-state index >= 15 is 0 Å². The zero-order valence-electron chi connectivity index (χ0n) is 19.6. The first-order valence-corrected chi connectivity index (χ1v) is 12.8. The molecule has 33 heavy (non-hydrogen) atoms.